The van der Waals surface area contributed by atoms with Crippen LogP contribution in [-0.4, -0.2) is 76.9 Å². The minimum atomic E-state index is -0.175. The van der Waals surface area contributed by atoms with Gasteiger partial charge in [-0.3, -0.25) is 9.69 Å². The maximum Gasteiger partial charge on any atom is 0.322 e. The van der Waals surface area contributed by atoms with Gasteiger partial charge in [-0.15, -0.1) is 0 Å². The highest BCUT2D eigenvalue weighted by Gasteiger charge is 2.27. The van der Waals surface area contributed by atoms with Gasteiger partial charge >= 0.3 is 6.03 Å². The lowest BCUT2D eigenvalue weighted by atomic mass is 10.0. The number of aromatic nitrogens is 1. The number of nitrogens with zero attached hydrogens (tertiary/aromatic N) is 4. The monoisotopic (exact) mass is 407 g/mol. The third kappa shape index (κ3) is 4.94. The molecular weight excluding hydrogens is 378 g/mol. The number of urea groups is 1. The summed E-state index contributed by atoms with van der Waals surface area (Å²) in [6.45, 7) is 9.78. The number of amides is 3. The summed E-state index contributed by atoms with van der Waals surface area (Å²) in [6.07, 6.45) is 3.40. The second-order valence-corrected chi connectivity index (χ2v) is 8.23. The van der Waals surface area contributed by atoms with Gasteiger partial charge in [0.2, 0.25) is 5.91 Å². The Labute approximate surface area is 172 Å². The van der Waals surface area contributed by atoms with Crippen molar-refractivity contribution in [2.45, 2.75) is 46.1 Å². The van der Waals surface area contributed by atoms with Crippen LogP contribution in [0.3, 0.4) is 0 Å². The SMILES string of the molecule is Cc1cc(C)c(NC(=O)N2CCN(CC(=O)N3CCCCC3C)CC2)c(Cl)n1. The van der Waals surface area contributed by atoms with E-state index in [4.69, 9.17) is 11.6 Å². The molecule has 3 amide bonds. The lowest BCUT2D eigenvalue weighted by molar-refractivity contribution is -0.136. The summed E-state index contributed by atoms with van der Waals surface area (Å²) in [7, 11) is 0. The van der Waals surface area contributed by atoms with E-state index in [2.05, 4.69) is 22.1 Å². The molecule has 2 saturated heterocycles. The van der Waals surface area contributed by atoms with Crippen LogP contribution in [0.2, 0.25) is 5.15 Å². The van der Waals surface area contributed by atoms with Crippen molar-refractivity contribution in [1.29, 1.82) is 0 Å². The van der Waals surface area contributed by atoms with E-state index in [1.165, 1.54) is 6.42 Å². The summed E-state index contributed by atoms with van der Waals surface area (Å²) >= 11 is 6.19. The second-order valence-electron chi connectivity index (χ2n) is 7.87. The zero-order chi connectivity index (χ0) is 20.3. The molecule has 2 aliphatic rings. The predicted octanol–water partition coefficient (Wildman–Crippen LogP) is 2.90. The molecule has 0 saturated carbocycles. The topological polar surface area (TPSA) is 68.8 Å². The number of likely N-dealkylation sites (tertiary alicyclic amines) is 1. The van der Waals surface area contributed by atoms with Crippen LogP contribution in [0.4, 0.5) is 10.5 Å². The van der Waals surface area contributed by atoms with Crippen LogP contribution in [0.5, 0.6) is 0 Å². The zero-order valence-corrected chi connectivity index (χ0v) is 17.8. The number of piperidine rings is 1. The number of pyridine rings is 1. The molecule has 154 valence electrons. The molecule has 28 heavy (non-hydrogen) atoms. The van der Waals surface area contributed by atoms with Crippen LogP contribution in [0.15, 0.2) is 6.07 Å². The molecule has 0 aromatic carbocycles. The summed E-state index contributed by atoms with van der Waals surface area (Å²) in [5, 5.41) is 3.20. The molecule has 0 aliphatic carbocycles. The van der Waals surface area contributed by atoms with E-state index in [0.717, 1.165) is 30.6 Å². The Bertz CT molecular complexity index is 710. The van der Waals surface area contributed by atoms with Gasteiger partial charge in [0.25, 0.3) is 0 Å². The van der Waals surface area contributed by atoms with E-state index >= 15 is 0 Å². The van der Waals surface area contributed by atoms with E-state index < -0.39 is 0 Å². The summed E-state index contributed by atoms with van der Waals surface area (Å²) < 4.78 is 0. The molecule has 8 heteroatoms. The molecule has 0 bridgehead atoms. The number of carbonyl (C=O) groups excluding carboxylic acids is 2. The van der Waals surface area contributed by atoms with E-state index in [0.29, 0.717) is 49.6 Å². The van der Waals surface area contributed by atoms with E-state index in [-0.39, 0.29) is 11.9 Å². The fourth-order valence-electron chi connectivity index (χ4n) is 3.99. The average molecular weight is 408 g/mol. The summed E-state index contributed by atoms with van der Waals surface area (Å²) in [5.41, 5.74) is 2.28. The molecular formula is C20H30ClN5O2. The first-order valence-electron chi connectivity index (χ1n) is 10.1. The molecule has 1 unspecified atom stereocenters. The maximum absolute atomic E-state index is 12.6. The number of rotatable bonds is 3. The molecule has 3 heterocycles. The number of hydrogen-bond donors (Lipinski definition) is 1. The fourth-order valence-corrected chi connectivity index (χ4v) is 4.32. The number of hydrogen-bond acceptors (Lipinski definition) is 4. The number of nitrogens with one attached hydrogen (secondary N) is 1. The molecule has 2 aliphatic heterocycles. The van der Waals surface area contributed by atoms with Gasteiger partial charge in [0.1, 0.15) is 0 Å². The van der Waals surface area contributed by atoms with Crippen molar-refractivity contribution >= 4 is 29.2 Å². The Balaban J connectivity index is 1.50. The van der Waals surface area contributed by atoms with Crippen LogP contribution in [-0.2, 0) is 4.79 Å². The molecule has 2 fully saturated rings. The molecule has 1 atom stereocenters. The Morgan fingerprint density at radius 2 is 1.89 bits per heavy atom. The number of carbonyl (C=O) groups is 2. The smallest absolute Gasteiger partial charge is 0.322 e. The Morgan fingerprint density at radius 1 is 1.18 bits per heavy atom. The van der Waals surface area contributed by atoms with Crippen LogP contribution in [0.25, 0.3) is 0 Å². The van der Waals surface area contributed by atoms with Crippen molar-refractivity contribution in [3.8, 4) is 0 Å². The van der Waals surface area contributed by atoms with Crippen molar-refractivity contribution in [3.05, 3.63) is 22.5 Å². The fraction of sp³-hybridized carbons (Fsp3) is 0.650. The third-order valence-corrected chi connectivity index (χ3v) is 5.95. The molecule has 3 rings (SSSR count). The molecule has 1 aromatic heterocycles. The Kier molecular flexibility index (Phi) is 6.78. The zero-order valence-electron chi connectivity index (χ0n) is 17.0. The van der Waals surface area contributed by atoms with Crippen molar-refractivity contribution < 1.29 is 9.59 Å². The van der Waals surface area contributed by atoms with Crippen LogP contribution < -0.4 is 5.32 Å². The largest absolute Gasteiger partial charge is 0.339 e. The average Bonchev–Trinajstić information content (AvgIpc) is 2.65. The highest BCUT2D eigenvalue weighted by Crippen LogP contribution is 2.25. The number of aryl methyl sites for hydroxylation is 2. The Hall–Kier alpha value is -1.86. The number of halogens is 1. The Morgan fingerprint density at radius 3 is 2.54 bits per heavy atom. The van der Waals surface area contributed by atoms with Crippen molar-refractivity contribution in [2.75, 3.05) is 44.6 Å². The van der Waals surface area contributed by atoms with Crippen molar-refractivity contribution in [1.82, 2.24) is 19.7 Å². The molecule has 0 radical (unpaired) electrons. The van der Waals surface area contributed by atoms with Crippen LogP contribution >= 0.6 is 11.6 Å². The highest BCUT2D eigenvalue weighted by atomic mass is 35.5. The third-order valence-electron chi connectivity index (χ3n) is 5.67. The summed E-state index contributed by atoms with van der Waals surface area (Å²) in [4.78, 5) is 35.3. The molecule has 1 N–H and O–H groups in total. The van der Waals surface area contributed by atoms with Crippen molar-refractivity contribution in [3.63, 3.8) is 0 Å². The first kappa shape index (κ1) is 20.9. The van der Waals surface area contributed by atoms with Gasteiger partial charge in [-0.05, 0) is 51.7 Å². The van der Waals surface area contributed by atoms with Crippen LogP contribution in [0, 0.1) is 13.8 Å². The predicted molar refractivity (Wildman–Crippen MR) is 111 cm³/mol. The van der Waals surface area contributed by atoms with Gasteiger partial charge in [-0.1, -0.05) is 11.6 Å². The molecule has 0 spiro atoms. The van der Waals surface area contributed by atoms with Gasteiger partial charge in [0.05, 0.1) is 12.2 Å². The highest BCUT2D eigenvalue weighted by molar-refractivity contribution is 6.32. The maximum atomic E-state index is 12.6. The van der Waals surface area contributed by atoms with Gasteiger partial charge in [-0.2, -0.15) is 0 Å². The van der Waals surface area contributed by atoms with E-state index in [9.17, 15) is 9.59 Å². The quantitative estimate of drug-likeness (QED) is 0.782. The number of anilines is 1. The lowest BCUT2D eigenvalue weighted by Crippen LogP contribution is -2.53. The van der Waals surface area contributed by atoms with Crippen molar-refractivity contribution in [2.24, 2.45) is 0 Å². The first-order valence-corrected chi connectivity index (χ1v) is 10.4. The summed E-state index contributed by atoms with van der Waals surface area (Å²) in [5.74, 6) is 0.207. The normalized spacial score (nSPS) is 20.9. The molecule has 1 aromatic rings. The van der Waals surface area contributed by atoms with Gasteiger partial charge in [0, 0.05) is 44.5 Å². The van der Waals surface area contributed by atoms with Gasteiger partial charge in [-0.25, -0.2) is 9.78 Å². The first-order chi connectivity index (χ1) is 13.3. The van der Waals surface area contributed by atoms with Crippen LogP contribution in [0.1, 0.15) is 37.4 Å². The summed E-state index contributed by atoms with van der Waals surface area (Å²) in [6, 6.07) is 2.06. The van der Waals surface area contributed by atoms with Gasteiger partial charge < -0.3 is 15.1 Å². The standard InChI is InChI=1S/C20H30ClN5O2/c1-14-12-15(2)22-19(21)18(14)23-20(28)25-10-8-24(9-11-25)13-17(27)26-7-5-4-6-16(26)3/h12,16H,4-11,13H2,1-3H3,(H,23,28). The lowest BCUT2D eigenvalue weighted by Gasteiger charge is -2.38. The van der Waals surface area contributed by atoms with Gasteiger partial charge in [0.15, 0.2) is 5.15 Å². The minimum Gasteiger partial charge on any atom is -0.339 e. The number of piperazine rings is 1. The molecule has 7 nitrogen and oxygen atoms in total. The minimum absolute atomic E-state index is 0.175. The van der Waals surface area contributed by atoms with E-state index in [1.807, 2.05) is 24.8 Å². The van der Waals surface area contributed by atoms with E-state index in [1.54, 1.807) is 4.90 Å². The second kappa shape index (κ2) is 9.09.